The standard InChI is InChI=1S/C18H28N2/c1-14-7-3-4-9-17(14)18-15(13-19-16-10-11-16)8-5-6-12-20(18)2/h3-4,7,9,15-16,18-19H,5-6,8,10-13H2,1-2H3. The van der Waals surface area contributed by atoms with Crippen LogP contribution in [0.15, 0.2) is 24.3 Å². The predicted molar refractivity (Wildman–Crippen MR) is 84.9 cm³/mol. The van der Waals surface area contributed by atoms with Crippen molar-refractivity contribution >= 4 is 0 Å². The van der Waals surface area contributed by atoms with Gasteiger partial charge in [0.25, 0.3) is 0 Å². The van der Waals surface area contributed by atoms with Crippen LogP contribution in [0.2, 0.25) is 0 Å². The van der Waals surface area contributed by atoms with E-state index >= 15 is 0 Å². The molecule has 0 amide bonds. The summed E-state index contributed by atoms with van der Waals surface area (Å²) in [6.07, 6.45) is 6.86. The molecule has 2 aliphatic rings. The van der Waals surface area contributed by atoms with Crippen molar-refractivity contribution in [1.82, 2.24) is 10.2 Å². The van der Waals surface area contributed by atoms with Crippen LogP contribution in [0.5, 0.6) is 0 Å². The second-order valence-electron chi connectivity index (χ2n) is 6.72. The Morgan fingerprint density at radius 3 is 2.70 bits per heavy atom. The van der Waals surface area contributed by atoms with E-state index in [1.165, 1.54) is 50.8 Å². The van der Waals surface area contributed by atoms with Gasteiger partial charge in [0.1, 0.15) is 0 Å². The van der Waals surface area contributed by atoms with Crippen molar-refractivity contribution < 1.29 is 0 Å². The summed E-state index contributed by atoms with van der Waals surface area (Å²) in [5, 5.41) is 3.77. The molecule has 110 valence electrons. The highest BCUT2D eigenvalue weighted by atomic mass is 15.1. The third-order valence-corrected chi connectivity index (χ3v) is 5.01. The minimum absolute atomic E-state index is 0.588. The lowest BCUT2D eigenvalue weighted by Gasteiger charge is -2.34. The van der Waals surface area contributed by atoms with Gasteiger partial charge in [0.15, 0.2) is 0 Å². The van der Waals surface area contributed by atoms with Gasteiger partial charge >= 0.3 is 0 Å². The molecule has 1 saturated heterocycles. The molecule has 2 unspecified atom stereocenters. The van der Waals surface area contributed by atoms with Crippen molar-refractivity contribution in [1.29, 1.82) is 0 Å². The molecular weight excluding hydrogens is 244 g/mol. The van der Waals surface area contributed by atoms with Crippen LogP contribution < -0.4 is 5.32 Å². The molecule has 0 radical (unpaired) electrons. The number of hydrogen-bond acceptors (Lipinski definition) is 2. The number of benzene rings is 1. The van der Waals surface area contributed by atoms with Crippen molar-refractivity contribution in [3.63, 3.8) is 0 Å². The fraction of sp³-hybridized carbons (Fsp3) is 0.667. The highest BCUT2D eigenvalue weighted by molar-refractivity contribution is 5.29. The molecule has 1 heterocycles. The van der Waals surface area contributed by atoms with Gasteiger partial charge in [-0.05, 0) is 63.2 Å². The Morgan fingerprint density at radius 1 is 1.15 bits per heavy atom. The molecular formula is C18H28N2. The first-order chi connectivity index (χ1) is 9.75. The molecule has 1 aromatic carbocycles. The van der Waals surface area contributed by atoms with Gasteiger partial charge in [0, 0.05) is 18.6 Å². The maximum absolute atomic E-state index is 3.77. The molecule has 0 spiro atoms. The Hall–Kier alpha value is -0.860. The van der Waals surface area contributed by atoms with Crippen LogP contribution in [0.25, 0.3) is 0 Å². The van der Waals surface area contributed by atoms with Crippen molar-refractivity contribution in [3.05, 3.63) is 35.4 Å². The van der Waals surface area contributed by atoms with Gasteiger partial charge in [-0.3, -0.25) is 4.90 Å². The lowest BCUT2D eigenvalue weighted by atomic mass is 9.87. The topological polar surface area (TPSA) is 15.3 Å². The first-order valence-electron chi connectivity index (χ1n) is 8.25. The number of nitrogens with zero attached hydrogens (tertiary/aromatic N) is 1. The van der Waals surface area contributed by atoms with Crippen molar-refractivity contribution in [3.8, 4) is 0 Å². The summed E-state index contributed by atoms with van der Waals surface area (Å²) >= 11 is 0. The Morgan fingerprint density at radius 2 is 1.95 bits per heavy atom. The predicted octanol–water partition coefficient (Wildman–Crippen LogP) is 3.52. The molecule has 1 aliphatic heterocycles. The number of rotatable bonds is 4. The average molecular weight is 272 g/mol. The first-order valence-corrected chi connectivity index (χ1v) is 8.25. The SMILES string of the molecule is Cc1ccccc1C1C(CNC2CC2)CCCCN1C. The van der Waals surface area contributed by atoms with E-state index < -0.39 is 0 Å². The van der Waals surface area contributed by atoms with Gasteiger partial charge in [0.2, 0.25) is 0 Å². The maximum Gasteiger partial charge on any atom is 0.0387 e. The normalized spacial score (nSPS) is 28.3. The lowest BCUT2D eigenvalue weighted by molar-refractivity contribution is 0.188. The highest BCUT2D eigenvalue weighted by Crippen LogP contribution is 2.35. The summed E-state index contributed by atoms with van der Waals surface area (Å²) in [5.41, 5.74) is 2.99. The molecule has 2 fully saturated rings. The second kappa shape index (κ2) is 6.28. The van der Waals surface area contributed by atoms with Crippen LogP contribution in [0.3, 0.4) is 0 Å². The second-order valence-corrected chi connectivity index (χ2v) is 6.72. The third-order valence-electron chi connectivity index (χ3n) is 5.01. The van der Waals surface area contributed by atoms with Crippen LogP contribution >= 0.6 is 0 Å². The Labute approximate surface area is 123 Å². The number of likely N-dealkylation sites (tertiary alicyclic amines) is 1. The van der Waals surface area contributed by atoms with E-state index in [4.69, 9.17) is 0 Å². The summed E-state index contributed by atoms with van der Waals surface area (Å²) < 4.78 is 0. The van der Waals surface area contributed by atoms with Crippen LogP contribution in [0, 0.1) is 12.8 Å². The van der Waals surface area contributed by atoms with E-state index in [0.29, 0.717) is 6.04 Å². The van der Waals surface area contributed by atoms with Crippen LogP contribution in [0.1, 0.15) is 49.3 Å². The zero-order chi connectivity index (χ0) is 13.9. The van der Waals surface area contributed by atoms with E-state index in [1.54, 1.807) is 5.56 Å². The fourth-order valence-corrected chi connectivity index (χ4v) is 3.65. The van der Waals surface area contributed by atoms with Crippen molar-refractivity contribution in [2.24, 2.45) is 5.92 Å². The molecule has 1 aromatic rings. The fourth-order valence-electron chi connectivity index (χ4n) is 3.65. The van der Waals surface area contributed by atoms with Crippen LogP contribution in [0.4, 0.5) is 0 Å². The summed E-state index contributed by atoms with van der Waals surface area (Å²) in [5.74, 6) is 0.754. The first kappa shape index (κ1) is 14.1. The van der Waals surface area contributed by atoms with Gasteiger partial charge in [-0.1, -0.05) is 30.7 Å². The van der Waals surface area contributed by atoms with E-state index in [9.17, 15) is 0 Å². The Kier molecular flexibility index (Phi) is 4.42. The summed E-state index contributed by atoms with van der Waals surface area (Å²) in [4.78, 5) is 2.59. The third kappa shape index (κ3) is 3.24. The van der Waals surface area contributed by atoms with Gasteiger partial charge in [-0.2, -0.15) is 0 Å². The highest BCUT2D eigenvalue weighted by Gasteiger charge is 2.31. The molecule has 1 saturated carbocycles. The molecule has 1 aliphatic carbocycles. The molecule has 3 rings (SSSR count). The zero-order valence-electron chi connectivity index (χ0n) is 12.9. The smallest absolute Gasteiger partial charge is 0.0387 e. The average Bonchev–Trinajstić information content (AvgIpc) is 3.26. The van der Waals surface area contributed by atoms with Gasteiger partial charge in [0.05, 0.1) is 0 Å². The van der Waals surface area contributed by atoms with Gasteiger partial charge in [-0.15, -0.1) is 0 Å². The summed E-state index contributed by atoms with van der Waals surface area (Å²) in [6, 6.07) is 10.4. The molecule has 0 bridgehead atoms. The molecule has 2 atom stereocenters. The van der Waals surface area contributed by atoms with E-state index in [2.05, 4.69) is 48.5 Å². The quantitative estimate of drug-likeness (QED) is 0.902. The molecule has 20 heavy (non-hydrogen) atoms. The number of hydrogen-bond donors (Lipinski definition) is 1. The molecule has 2 nitrogen and oxygen atoms in total. The van der Waals surface area contributed by atoms with E-state index in [0.717, 1.165) is 12.0 Å². The van der Waals surface area contributed by atoms with Crippen molar-refractivity contribution in [2.75, 3.05) is 20.1 Å². The monoisotopic (exact) mass is 272 g/mol. The van der Waals surface area contributed by atoms with Crippen molar-refractivity contribution in [2.45, 2.75) is 51.1 Å². The van der Waals surface area contributed by atoms with E-state index in [1.807, 2.05) is 0 Å². The molecule has 0 aromatic heterocycles. The summed E-state index contributed by atoms with van der Waals surface area (Å²) in [6.45, 7) is 4.69. The van der Waals surface area contributed by atoms with Gasteiger partial charge < -0.3 is 5.32 Å². The van der Waals surface area contributed by atoms with Crippen LogP contribution in [-0.4, -0.2) is 31.1 Å². The van der Waals surface area contributed by atoms with Crippen LogP contribution in [-0.2, 0) is 0 Å². The largest absolute Gasteiger partial charge is 0.314 e. The van der Waals surface area contributed by atoms with E-state index in [-0.39, 0.29) is 0 Å². The Bertz CT molecular complexity index is 439. The lowest BCUT2D eigenvalue weighted by Crippen LogP contribution is -2.35. The Balaban J connectivity index is 1.81. The summed E-state index contributed by atoms with van der Waals surface area (Å²) in [7, 11) is 2.31. The molecule has 1 N–H and O–H groups in total. The zero-order valence-corrected chi connectivity index (χ0v) is 12.9. The molecule has 2 heteroatoms. The number of nitrogens with one attached hydrogen (secondary N) is 1. The number of aryl methyl sites for hydroxylation is 1. The maximum atomic E-state index is 3.77. The minimum atomic E-state index is 0.588. The van der Waals surface area contributed by atoms with Gasteiger partial charge in [-0.25, -0.2) is 0 Å². The minimum Gasteiger partial charge on any atom is -0.314 e.